The number of carbonyl (C=O) groups is 1. The highest BCUT2D eigenvalue weighted by atomic mass is 16.5. The van der Waals surface area contributed by atoms with E-state index in [4.69, 9.17) is 4.74 Å². The van der Waals surface area contributed by atoms with Gasteiger partial charge in [0.2, 0.25) is 0 Å². The van der Waals surface area contributed by atoms with E-state index in [0.29, 0.717) is 0 Å². The number of aromatic nitrogens is 1. The molecule has 120 valence electrons. The predicted octanol–water partition coefficient (Wildman–Crippen LogP) is 3.43. The van der Waals surface area contributed by atoms with Gasteiger partial charge in [-0.15, -0.1) is 0 Å². The number of aryl methyl sites for hydroxylation is 2. The van der Waals surface area contributed by atoms with Gasteiger partial charge in [-0.25, -0.2) is 4.79 Å². The molecule has 23 heavy (non-hydrogen) atoms. The fourth-order valence-electron chi connectivity index (χ4n) is 3.19. The van der Waals surface area contributed by atoms with Crippen molar-refractivity contribution in [3.63, 3.8) is 0 Å². The standard InChI is InChI=1S/C19H21NO3/c1-5-23-19(22)16-10-20-13(4)8-14-6-11(2)12(3)7-15(14)17(20)9-18(16)21/h6-7,9-10,13H,5,8H2,1-4H3. The molecule has 4 nitrogen and oxygen atoms in total. The van der Waals surface area contributed by atoms with Crippen molar-refractivity contribution in [3.8, 4) is 11.3 Å². The summed E-state index contributed by atoms with van der Waals surface area (Å²) < 4.78 is 7.01. The van der Waals surface area contributed by atoms with Gasteiger partial charge in [-0.2, -0.15) is 0 Å². The number of carbonyl (C=O) groups excluding carboxylic acids is 1. The molecule has 3 rings (SSSR count). The summed E-state index contributed by atoms with van der Waals surface area (Å²) in [4.78, 5) is 24.3. The number of pyridine rings is 1. The molecule has 1 aromatic heterocycles. The Balaban J connectivity index is 2.21. The van der Waals surface area contributed by atoms with Crippen LogP contribution in [0.2, 0.25) is 0 Å². The quantitative estimate of drug-likeness (QED) is 0.798. The zero-order valence-electron chi connectivity index (χ0n) is 14.0. The molecule has 1 aliphatic rings. The van der Waals surface area contributed by atoms with Gasteiger partial charge in [-0.3, -0.25) is 4.79 Å². The minimum atomic E-state index is -0.550. The van der Waals surface area contributed by atoms with Crippen molar-refractivity contribution >= 4 is 5.97 Å². The van der Waals surface area contributed by atoms with Crippen molar-refractivity contribution in [2.24, 2.45) is 0 Å². The monoisotopic (exact) mass is 311 g/mol. The molecule has 1 atom stereocenters. The zero-order chi connectivity index (χ0) is 16.7. The summed E-state index contributed by atoms with van der Waals surface area (Å²) in [6, 6.07) is 6.09. The average molecular weight is 311 g/mol. The van der Waals surface area contributed by atoms with Crippen LogP contribution in [-0.2, 0) is 11.2 Å². The van der Waals surface area contributed by atoms with Gasteiger partial charge in [0.05, 0.1) is 12.3 Å². The topological polar surface area (TPSA) is 48.3 Å². The fourth-order valence-corrected chi connectivity index (χ4v) is 3.19. The van der Waals surface area contributed by atoms with Crippen LogP contribution in [0.25, 0.3) is 11.3 Å². The molecule has 0 amide bonds. The minimum Gasteiger partial charge on any atom is -0.462 e. The SMILES string of the molecule is CCOC(=O)c1cn2c(cc1=O)-c1cc(C)c(C)cc1CC2C. The highest BCUT2D eigenvalue weighted by Gasteiger charge is 2.24. The maximum Gasteiger partial charge on any atom is 0.343 e. The highest BCUT2D eigenvalue weighted by molar-refractivity contribution is 5.89. The summed E-state index contributed by atoms with van der Waals surface area (Å²) in [6.07, 6.45) is 2.53. The van der Waals surface area contributed by atoms with Crippen LogP contribution in [0.15, 0.2) is 29.2 Å². The Morgan fingerprint density at radius 1 is 1.26 bits per heavy atom. The van der Waals surface area contributed by atoms with Gasteiger partial charge in [0, 0.05) is 23.9 Å². The van der Waals surface area contributed by atoms with E-state index < -0.39 is 5.97 Å². The third kappa shape index (κ3) is 2.58. The first kappa shape index (κ1) is 15.5. The molecule has 0 aliphatic carbocycles. The van der Waals surface area contributed by atoms with E-state index >= 15 is 0 Å². The fraction of sp³-hybridized carbons (Fsp3) is 0.368. The van der Waals surface area contributed by atoms with Crippen LogP contribution in [0.4, 0.5) is 0 Å². The number of rotatable bonds is 2. The minimum absolute atomic E-state index is 0.106. The van der Waals surface area contributed by atoms with E-state index in [2.05, 4.69) is 32.9 Å². The molecule has 0 saturated heterocycles. The first-order valence-electron chi connectivity index (χ1n) is 7.96. The summed E-state index contributed by atoms with van der Waals surface area (Å²) in [6.45, 7) is 8.27. The molecular weight excluding hydrogens is 290 g/mol. The summed E-state index contributed by atoms with van der Waals surface area (Å²) in [5, 5.41) is 0. The van der Waals surface area contributed by atoms with Gasteiger partial charge >= 0.3 is 5.97 Å². The number of hydrogen-bond donors (Lipinski definition) is 0. The predicted molar refractivity (Wildman–Crippen MR) is 90.0 cm³/mol. The lowest BCUT2D eigenvalue weighted by Gasteiger charge is -2.29. The second-order valence-electron chi connectivity index (χ2n) is 6.21. The average Bonchev–Trinajstić information content (AvgIpc) is 2.49. The number of fused-ring (bicyclic) bond motifs is 3. The van der Waals surface area contributed by atoms with Gasteiger partial charge in [0.25, 0.3) is 0 Å². The van der Waals surface area contributed by atoms with Gasteiger partial charge in [0.15, 0.2) is 5.43 Å². The Kier molecular flexibility index (Phi) is 3.84. The second kappa shape index (κ2) is 5.69. The van der Waals surface area contributed by atoms with Crippen molar-refractivity contribution in [1.29, 1.82) is 0 Å². The van der Waals surface area contributed by atoms with Crippen LogP contribution in [0.5, 0.6) is 0 Å². The molecule has 0 spiro atoms. The Bertz CT molecular complexity index is 848. The van der Waals surface area contributed by atoms with E-state index in [1.165, 1.54) is 16.7 Å². The van der Waals surface area contributed by atoms with E-state index in [0.717, 1.165) is 17.7 Å². The van der Waals surface area contributed by atoms with Crippen molar-refractivity contribution in [2.45, 2.75) is 40.2 Å². The van der Waals surface area contributed by atoms with Crippen LogP contribution in [0.1, 0.15) is 46.9 Å². The molecule has 0 N–H and O–H groups in total. The molecule has 1 aromatic carbocycles. The molecule has 2 aromatic rings. The third-order valence-corrected chi connectivity index (χ3v) is 4.56. The van der Waals surface area contributed by atoms with Gasteiger partial charge in [0.1, 0.15) is 5.56 Å². The van der Waals surface area contributed by atoms with Gasteiger partial charge < -0.3 is 9.30 Å². The Morgan fingerprint density at radius 2 is 1.96 bits per heavy atom. The van der Waals surface area contributed by atoms with Crippen molar-refractivity contribution in [1.82, 2.24) is 4.57 Å². The van der Waals surface area contributed by atoms with Crippen LogP contribution < -0.4 is 5.43 Å². The zero-order valence-corrected chi connectivity index (χ0v) is 14.0. The lowest BCUT2D eigenvalue weighted by molar-refractivity contribution is 0.0523. The molecule has 2 heterocycles. The van der Waals surface area contributed by atoms with Crippen LogP contribution in [0.3, 0.4) is 0 Å². The third-order valence-electron chi connectivity index (χ3n) is 4.56. The largest absolute Gasteiger partial charge is 0.462 e. The number of benzene rings is 1. The van der Waals surface area contributed by atoms with Crippen LogP contribution >= 0.6 is 0 Å². The Morgan fingerprint density at radius 3 is 2.65 bits per heavy atom. The molecule has 1 aliphatic heterocycles. The summed E-state index contributed by atoms with van der Waals surface area (Å²) in [5.74, 6) is -0.550. The molecule has 0 bridgehead atoms. The first-order valence-corrected chi connectivity index (χ1v) is 7.96. The highest BCUT2D eigenvalue weighted by Crippen LogP contribution is 2.35. The number of nitrogens with zero attached hydrogens (tertiary/aromatic N) is 1. The number of hydrogen-bond acceptors (Lipinski definition) is 3. The normalized spacial score (nSPS) is 15.7. The van der Waals surface area contributed by atoms with E-state index in [9.17, 15) is 9.59 Å². The van der Waals surface area contributed by atoms with Gasteiger partial charge in [-0.1, -0.05) is 6.07 Å². The second-order valence-corrected chi connectivity index (χ2v) is 6.21. The van der Waals surface area contributed by atoms with Crippen molar-refractivity contribution in [3.05, 3.63) is 56.9 Å². The molecule has 0 saturated carbocycles. The lowest BCUT2D eigenvalue weighted by atomic mass is 9.89. The smallest absolute Gasteiger partial charge is 0.343 e. The summed E-state index contributed by atoms with van der Waals surface area (Å²) >= 11 is 0. The Labute approximate surface area is 135 Å². The van der Waals surface area contributed by atoms with E-state index in [1.54, 1.807) is 19.2 Å². The van der Waals surface area contributed by atoms with Crippen LogP contribution in [-0.4, -0.2) is 17.1 Å². The molecular formula is C19H21NO3. The summed E-state index contributed by atoms with van der Waals surface area (Å²) in [5.41, 5.74) is 5.49. The lowest BCUT2D eigenvalue weighted by Crippen LogP contribution is -2.25. The van der Waals surface area contributed by atoms with Crippen LogP contribution in [0, 0.1) is 13.8 Å². The van der Waals surface area contributed by atoms with Crippen molar-refractivity contribution in [2.75, 3.05) is 6.61 Å². The molecule has 1 unspecified atom stereocenters. The summed E-state index contributed by atoms with van der Waals surface area (Å²) in [7, 11) is 0. The van der Waals surface area contributed by atoms with Crippen molar-refractivity contribution < 1.29 is 9.53 Å². The number of esters is 1. The maximum atomic E-state index is 12.4. The Hall–Kier alpha value is -2.36. The molecule has 0 radical (unpaired) electrons. The number of ether oxygens (including phenoxy) is 1. The van der Waals surface area contributed by atoms with E-state index in [-0.39, 0.29) is 23.6 Å². The maximum absolute atomic E-state index is 12.4. The molecule has 0 fully saturated rings. The molecule has 4 heteroatoms. The van der Waals surface area contributed by atoms with E-state index in [1.807, 2.05) is 4.57 Å². The first-order chi connectivity index (χ1) is 10.9. The van der Waals surface area contributed by atoms with Gasteiger partial charge in [-0.05, 0) is 56.9 Å².